The van der Waals surface area contributed by atoms with Crippen molar-refractivity contribution >= 4 is 16.1 Å². The molecule has 1 aliphatic rings. The second kappa shape index (κ2) is 6.93. The van der Waals surface area contributed by atoms with Gasteiger partial charge in [0.2, 0.25) is 12.7 Å². The normalized spacial score (nSPS) is 15.6. The minimum absolute atomic E-state index is 0.188. The van der Waals surface area contributed by atoms with E-state index < -0.39 is 10.2 Å². The molecule has 0 saturated carbocycles. The van der Waals surface area contributed by atoms with Gasteiger partial charge in [0.15, 0.2) is 11.5 Å². The molecule has 0 unspecified atom stereocenters. The predicted molar refractivity (Wildman–Crippen MR) is 94.6 cm³/mol. The quantitative estimate of drug-likeness (QED) is 0.605. The monoisotopic (exact) mass is 369 g/mol. The highest BCUT2D eigenvalue weighted by molar-refractivity contribution is 7.88. The second-order valence-electron chi connectivity index (χ2n) is 6.65. The van der Waals surface area contributed by atoms with Crippen molar-refractivity contribution < 1.29 is 22.6 Å². The van der Waals surface area contributed by atoms with E-state index in [2.05, 4.69) is 16.3 Å². The van der Waals surface area contributed by atoms with Gasteiger partial charge in [0, 0.05) is 0 Å². The molecule has 3 N–H and O–H groups in total. The molecule has 1 aliphatic heterocycles. The van der Waals surface area contributed by atoms with Crippen molar-refractivity contribution in [2.24, 2.45) is 15.0 Å². The zero-order valence-electron chi connectivity index (χ0n) is 14.7. The Morgan fingerprint density at radius 2 is 2.00 bits per heavy atom. The Morgan fingerprint density at radius 1 is 1.36 bits per heavy atom. The lowest BCUT2D eigenvalue weighted by Crippen LogP contribution is -2.34. The van der Waals surface area contributed by atoms with Crippen LogP contribution in [0.1, 0.15) is 32.4 Å². The molecular weight excluding hydrogens is 346 g/mol. The first-order valence-electron chi connectivity index (χ1n) is 7.53. The first kappa shape index (κ1) is 19.1. The highest BCUT2D eigenvalue weighted by Crippen LogP contribution is 2.39. The van der Waals surface area contributed by atoms with E-state index in [0.717, 1.165) is 5.56 Å². The summed E-state index contributed by atoms with van der Waals surface area (Å²) < 4.78 is 41.5. The van der Waals surface area contributed by atoms with Crippen LogP contribution in [-0.4, -0.2) is 28.2 Å². The lowest BCUT2D eigenvalue weighted by atomic mass is 9.82. The highest BCUT2D eigenvalue weighted by Gasteiger charge is 2.29. The standard InChI is InChI=1S/C16H23N3O5S/c1-10(15(22-5)19-25(17,20)21)18-14(16(2,3)4)11-6-7-12-13(8-11)24-9-23-12/h6-8,14,18H,1,9H2,2-5H3,(H2,17,20,21)/t14-/m0/s1. The third-order valence-electron chi connectivity index (χ3n) is 3.58. The van der Waals surface area contributed by atoms with Crippen molar-refractivity contribution in [3.05, 3.63) is 36.0 Å². The van der Waals surface area contributed by atoms with Crippen molar-refractivity contribution in [3.63, 3.8) is 0 Å². The first-order chi connectivity index (χ1) is 11.5. The molecule has 1 heterocycles. The third-order valence-corrected chi connectivity index (χ3v) is 4.00. The Bertz CT molecular complexity index is 796. The van der Waals surface area contributed by atoms with Crippen LogP contribution in [0, 0.1) is 5.41 Å². The van der Waals surface area contributed by atoms with Crippen molar-refractivity contribution in [1.82, 2.24) is 5.32 Å². The maximum Gasteiger partial charge on any atom is 0.320 e. The second-order valence-corrected chi connectivity index (χ2v) is 7.86. The van der Waals surface area contributed by atoms with Crippen LogP contribution in [0.5, 0.6) is 11.5 Å². The Morgan fingerprint density at radius 3 is 2.56 bits per heavy atom. The van der Waals surface area contributed by atoms with E-state index in [4.69, 9.17) is 19.3 Å². The Balaban J connectivity index is 2.33. The van der Waals surface area contributed by atoms with Crippen LogP contribution in [0.3, 0.4) is 0 Å². The van der Waals surface area contributed by atoms with Gasteiger partial charge in [0.05, 0.1) is 18.8 Å². The third kappa shape index (κ3) is 4.86. The van der Waals surface area contributed by atoms with Gasteiger partial charge in [-0.15, -0.1) is 4.40 Å². The van der Waals surface area contributed by atoms with E-state index >= 15 is 0 Å². The molecule has 0 radical (unpaired) electrons. The van der Waals surface area contributed by atoms with Gasteiger partial charge in [0.1, 0.15) is 0 Å². The number of rotatable bonds is 5. The Labute approximate surface area is 147 Å². The number of fused-ring (bicyclic) bond motifs is 1. The van der Waals surface area contributed by atoms with Crippen LogP contribution < -0.4 is 19.9 Å². The van der Waals surface area contributed by atoms with Crippen LogP contribution >= 0.6 is 0 Å². The summed E-state index contributed by atoms with van der Waals surface area (Å²) in [6.45, 7) is 10.1. The molecule has 8 nitrogen and oxygen atoms in total. The summed E-state index contributed by atoms with van der Waals surface area (Å²) in [5.41, 5.74) is 0.884. The van der Waals surface area contributed by atoms with Gasteiger partial charge < -0.3 is 19.5 Å². The molecule has 0 aromatic heterocycles. The average molecular weight is 369 g/mol. The number of nitrogens with one attached hydrogen (secondary N) is 1. The van der Waals surface area contributed by atoms with E-state index in [1.165, 1.54) is 7.11 Å². The zero-order chi connectivity index (χ0) is 18.8. The van der Waals surface area contributed by atoms with Crippen molar-refractivity contribution in [1.29, 1.82) is 0 Å². The zero-order valence-corrected chi connectivity index (χ0v) is 15.5. The molecule has 2 rings (SSSR count). The fourth-order valence-electron chi connectivity index (χ4n) is 2.46. The van der Waals surface area contributed by atoms with Crippen LogP contribution in [0.15, 0.2) is 34.9 Å². The lowest BCUT2D eigenvalue weighted by Gasteiger charge is -2.33. The summed E-state index contributed by atoms with van der Waals surface area (Å²) in [6.07, 6.45) is 0. The summed E-state index contributed by atoms with van der Waals surface area (Å²) in [7, 11) is -2.80. The molecule has 9 heteroatoms. The molecule has 25 heavy (non-hydrogen) atoms. The maximum absolute atomic E-state index is 11.2. The molecule has 1 aromatic rings. The minimum Gasteiger partial charge on any atom is -0.479 e. The summed E-state index contributed by atoms with van der Waals surface area (Å²) in [5, 5.41) is 8.12. The van der Waals surface area contributed by atoms with Crippen LogP contribution in [0.25, 0.3) is 0 Å². The summed E-state index contributed by atoms with van der Waals surface area (Å²) in [6, 6.07) is 5.39. The molecule has 138 valence electrons. The van der Waals surface area contributed by atoms with Gasteiger partial charge in [-0.1, -0.05) is 33.4 Å². The SMILES string of the molecule is C=C(N[C@@H](c1ccc2c(c1)OCO2)C(C)(C)C)C(=NS(N)(=O)=O)OC. The van der Waals surface area contributed by atoms with Gasteiger partial charge in [-0.05, 0) is 23.1 Å². The molecule has 0 amide bonds. The van der Waals surface area contributed by atoms with Crippen LogP contribution in [0.2, 0.25) is 0 Å². The molecular formula is C16H23N3O5S. The van der Waals surface area contributed by atoms with Crippen LogP contribution in [0.4, 0.5) is 0 Å². The molecule has 0 saturated heterocycles. The molecule has 0 aliphatic carbocycles. The van der Waals surface area contributed by atoms with Crippen LogP contribution in [-0.2, 0) is 14.9 Å². The summed E-state index contributed by atoms with van der Waals surface area (Å²) >= 11 is 0. The molecule has 0 spiro atoms. The van der Waals surface area contributed by atoms with E-state index in [-0.39, 0.29) is 29.8 Å². The molecule has 1 aromatic carbocycles. The first-order valence-corrected chi connectivity index (χ1v) is 9.03. The summed E-state index contributed by atoms with van der Waals surface area (Å²) in [4.78, 5) is 0. The molecule has 0 fully saturated rings. The van der Waals surface area contributed by atoms with Gasteiger partial charge in [-0.25, -0.2) is 5.14 Å². The number of hydrogen-bond donors (Lipinski definition) is 2. The minimum atomic E-state index is -4.10. The van der Waals surface area contributed by atoms with Crippen molar-refractivity contribution in [2.75, 3.05) is 13.9 Å². The van der Waals surface area contributed by atoms with E-state index in [1.807, 2.05) is 39.0 Å². The van der Waals surface area contributed by atoms with Gasteiger partial charge >= 0.3 is 10.2 Å². The number of hydrogen-bond acceptors (Lipinski definition) is 6. The maximum atomic E-state index is 11.2. The number of nitrogens with two attached hydrogens (primary N) is 1. The fourth-order valence-corrected chi connectivity index (χ4v) is 2.88. The van der Waals surface area contributed by atoms with Gasteiger partial charge in [0.25, 0.3) is 0 Å². The fraction of sp³-hybridized carbons (Fsp3) is 0.438. The van der Waals surface area contributed by atoms with Gasteiger partial charge in [-0.2, -0.15) is 8.42 Å². The molecule has 1 atom stereocenters. The van der Waals surface area contributed by atoms with Crippen molar-refractivity contribution in [3.8, 4) is 11.5 Å². The van der Waals surface area contributed by atoms with E-state index in [9.17, 15) is 8.42 Å². The number of nitrogens with zero attached hydrogens (tertiary/aromatic N) is 1. The largest absolute Gasteiger partial charge is 0.479 e. The molecule has 0 bridgehead atoms. The number of methoxy groups -OCH3 is 1. The lowest BCUT2D eigenvalue weighted by molar-refractivity contribution is 0.174. The Hall–Kier alpha value is -2.26. The topological polar surface area (TPSA) is 112 Å². The smallest absolute Gasteiger partial charge is 0.320 e. The van der Waals surface area contributed by atoms with E-state index in [1.54, 1.807) is 0 Å². The average Bonchev–Trinajstić information content (AvgIpc) is 2.95. The Kier molecular flexibility index (Phi) is 5.28. The summed E-state index contributed by atoms with van der Waals surface area (Å²) in [5.74, 6) is 1.14. The predicted octanol–water partition coefficient (Wildman–Crippen LogP) is 1.85. The van der Waals surface area contributed by atoms with Crippen molar-refractivity contribution in [2.45, 2.75) is 26.8 Å². The highest BCUT2D eigenvalue weighted by atomic mass is 32.2. The van der Waals surface area contributed by atoms with Gasteiger partial charge in [-0.3, -0.25) is 0 Å². The van der Waals surface area contributed by atoms with E-state index in [0.29, 0.717) is 11.5 Å². The number of benzene rings is 1. The number of ether oxygens (including phenoxy) is 3.